The summed E-state index contributed by atoms with van der Waals surface area (Å²) in [5.41, 5.74) is 1.97. The Morgan fingerprint density at radius 3 is 2.65 bits per heavy atom. The van der Waals surface area contributed by atoms with Crippen LogP contribution in [0.5, 0.6) is 11.5 Å². The molecular weight excluding hydrogens is 342 g/mol. The van der Waals surface area contributed by atoms with Gasteiger partial charge in [-0.05, 0) is 58.7 Å². The Morgan fingerprint density at radius 1 is 1.25 bits per heavy atom. The van der Waals surface area contributed by atoms with E-state index in [1.54, 1.807) is 6.07 Å². The monoisotopic (exact) mass is 355 g/mol. The molecule has 20 heavy (non-hydrogen) atoms. The summed E-state index contributed by atoms with van der Waals surface area (Å²) in [6.07, 6.45) is 0. The van der Waals surface area contributed by atoms with Crippen LogP contribution < -0.4 is 10.1 Å². The topological polar surface area (TPSA) is 41.5 Å². The molecular formula is C15H15BrClNO2. The van der Waals surface area contributed by atoms with Gasteiger partial charge in [0, 0.05) is 21.2 Å². The van der Waals surface area contributed by atoms with Gasteiger partial charge in [-0.25, -0.2) is 0 Å². The Balaban J connectivity index is 2.21. The van der Waals surface area contributed by atoms with Crippen molar-refractivity contribution < 1.29 is 9.84 Å². The van der Waals surface area contributed by atoms with E-state index in [0.29, 0.717) is 10.8 Å². The number of phenols is 1. The average Bonchev–Trinajstić information content (AvgIpc) is 2.42. The van der Waals surface area contributed by atoms with Crippen LogP contribution in [0.15, 0.2) is 40.9 Å². The van der Waals surface area contributed by atoms with Crippen LogP contribution in [0.2, 0.25) is 5.02 Å². The van der Waals surface area contributed by atoms with Gasteiger partial charge < -0.3 is 15.2 Å². The standard InChI is InChI=1S/C15H15BrClNO2/c1-9(10-3-6-14(19)15(7-10)20-2)18-13-5-4-11(17)8-12(13)16/h3-9,18-19H,1-2H3. The van der Waals surface area contributed by atoms with E-state index in [-0.39, 0.29) is 11.8 Å². The Labute approximate surface area is 131 Å². The molecule has 0 aliphatic heterocycles. The number of rotatable bonds is 4. The molecule has 3 nitrogen and oxygen atoms in total. The van der Waals surface area contributed by atoms with Gasteiger partial charge in [0.25, 0.3) is 0 Å². The number of aromatic hydroxyl groups is 1. The number of nitrogens with one attached hydrogen (secondary N) is 1. The molecule has 0 bridgehead atoms. The normalized spacial score (nSPS) is 12.0. The van der Waals surface area contributed by atoms with Gasteiger partial charge in [-0.15, -0.1) is 0 Å². The van der Waals surface area contributed by atoms with E-state index in [1.807, 2.05) is 37.3 Å². The third kappa shape index (κ3) is 3.38. The molecule has 0 saturated heterocycles. The summed E-state index contributed by atoms with van der Waals surface area (Å²) in [6, 6.07) is 11.0. The van der Waals surface area contributed by atoms with E-state index in [0.717, 1.165) is 15.7 Å². The minimum absolute atomic E-state index is 0.0574. The SMILES string of the molecule is COc1cc(C(C)Nc2ccc(Cl)cc2Br)ccc1O. The average molecular weight is 357 g/mol. The molecule has 0 heterocycles. The van der Waals surface area contributed by atoms with Crippen molar-refractivity contribution in [3.05, 3.63) is 51.5 Å². The summed E-state index contributed by atoms with van der Waals surface area (Å²) in [5.74, 6) is 0.599. The van der Waals surface area contributed by atoms with Crippen molar-refractivity contribution >= 4 is 33.2 Å². The second-order valence-electron chi connectivity index (χ2n) is 4.42. The van der Waals surface area contributed by atoms with Gasteiger partial charge in [-0.3, -0.25) is 0 Å². The predicted molar refractivity (Wildman–Crippen MR) is 85.8 cm³/mol. The molecule has 0 radical (unpaired) electrons. The van der Waals surface area contributed by atoms with Crippen molar-refractivity contribution in [2.24, 2.45) is 0 Å². The minimum Gasteiger partial charge on any atom is -0.504 e. The first-order valence-electron chi connectivity index (χ1n) is 6.09. The molecule has 106 valence electrons. The van der Waals surface area contributed by atoms with Crippen LogP contribution in [0.25, 0.3) is 0 Å². The zero-order valence-electron chi connectivity index (χ0n) is 11.2. The van der Waals surface area contributed by atoms with E-state index in [1.165, 1.54) is 7.11 Å². The summed E-state index contributed by atoms with van der Waals surface area (Å²) >= 11 is 9.40. The van der Waals surface area contributed by atoms with Crippen LogP contribution in [0.1, 0.15) is 18.5 Å². The fourth-order valence-electron chi connectivity index (χ4n) is 1.89. The van der Waals surface area contributed by atoms with Gasteiger partial charge in [0.15, 0.2) is 11.5 Å². The highest BCUT2D eigenvalue weighted by Crippen LogP contribution is 2.32. The number of ether oxygens (including phenoxy) is 1. The van der Waals surface area contributed by atoms with E-state index in [4.69, 9.17) is 16.3 Å². The molecule has 1 unspecified atom stereocenters. The van der Waals surface area contributed by atoms with Crippen LogP contribution in [0.4, 0.5) is 5.69 Å². The molecule has 2 aromatic carbocycles. The minimum atomic E-state index is 0.0574. The van der Waals surface area contributed by atoms with E-state index >= 15 is 0 Å². The zero-order chi connectivity index (χ0) is 14.7. The van der Waals surface area contributed by atoms with Crippen LogP contribution in [-0.2, 0) is 0 Å². The Hall–Kier alpha value is -1.39. The van der Waals surface area contributed by atoms with Crippen molar-refractivity contribution in [2.75, 3.05) is 12.4 Å². The Morgan fingerprint density at radius 2 is 2.00 bits per heavy atom. The molecule has 0 fully saturated rings. The first kappa shape index (κ1) is 15.0. The first-order chi connectivity index (χ1) is 9.51. The lowest BCUT2D eigenvalue weighted by Gasteiger charge is -2.18. The number of methoxy groups -OCH3 is 1. The van der Waals surface area contributed by atoms with Crippen LogP contribution >= 0.6 is 27.5 Å². The second kappa shape index (κ2) is 6.37. The fraction of sp³-hybridized carbons (Fsp3) is 0.200. The molecule has 0 aliphatic carbocycles. The first-order valence-corrected chi connectivity index (χ1v) is 7.27. The van der Waals surface area contributed by atoms with Gasteiger partial charge in [0.05, 0.1) is 7.11 Å². The van der Waals surface area contributed by atoms with Gasteiger partial charge in [0.2, 0.25) is 0 Å². The van der Waals surface area contributed by atoms with Gasteiger partial charge >= 0.3 is 0 Å². The molecule has 5 heteroatoms. The van der Waals surface area contributed by atoms with E-state index < -0.39 is 0 Å². The van der Waals surface area contributed by atoms with Crippen molar-refractivity contribution in [3.63, 3.8) is 0 Å². The number of anilines is 1. The van der Waals surface area contributed by atoms with Crippen molar-refractivity contribution in [3.8, 4) is 11.5 Å². The van der Waals surface area contributed by atoms with Gasteiger partial charge in [0.1, 0.15) is 0 Å². The van der Waals surface area contributed by atoms with E-state index in [9.17, 15) is 5.11 Å². The molecule has 0 amide bonds. The lowest BCUT2D eigenvalue weighted by Crippen LogP contribution is -2.07. The maximum absolute atomic E-state index is 9.61. The number of benzene rings is 2. The Bertz CT molecular complexity index is 619. The highest BCUT2D eigenvalue weighted by atomic mass is 79.9. The molecule has 2 N–H and O–H groups in total. The highest BCUT2D eigenvalue weighted by Gasteiger charge is 2.10. The smallest absolute Gasteiger partial charge is 0.160 e. The van der Waals surface area contributed by atoms with Crippen molar-refractivity contribution in [1.29, 1.82) is 0 Å². The predicted octanol–water partition coefficient (Wildman–Crippen LogP) is 4.99. The molecule has 0 saturated carbocycles. The number of phenolic OH excluding ortho intramolecular Hbond substituents is 1. The fourth-order valence-corrected chi connectivity index (χ4v) is 2.68. The molecule has 2 aromatic rings. The molecule has 0 spiro atoms. The molecule has 0 aromatic heterocycles. The van der Waals surface area contributed by atoms with Gasteiger partial charge in [-0.2, -0.15) is 0 Å². The van der Waals surface area contributed by atoms with Crippen LogP contribution in [-0.4, -0.2) is 12.2 Å². The summed E-state index contributed by atoms with van der Waals surface area (Å²) in [6.45, 7) is 2.03. The summed E-state index contributed by atoms with van der Waals surface area (Å²) < 4.78 is 6.03. The molecule has 1 atom stereocenters. The lowest BCUT2D eigenvalue weighted by atomic mass is 10.1. The third-order valence-electron chi connectivity index (χ3n) is 3.01. The number of halogens is 2. The lowest BCUT2D eigenvalue weighted by molar-refractivity contribution is 0.373. The van der Waals surface area contributed by atoms with Crippen LogP contribution in [0, 0.1) is 0 Å². The van der Waals surface area contributed by atoms with Gasteiger partial charge in [-0.1, -0.05) is 17.7 Å². The van der Waals surface area contributed by atoms with Crippen LogP contribution in [0.3, 0.4) is 0 Å². The maximum Gasteiger partial charge on any atom is 0.160 e. The third-order valence-corrected chi connectivity index (χ3v) is 3.90. The second-order valence-corrected chi connectivity index (χ2v) is 5.71. The van der Waals surface area contributed by atoms with Crippen molar-refractivity contribution in [2.45, 2.75) is 13.0 Å². The molecule has 0 aliphatic rings. The largest absolute Gasteiger partial charge is 0.504 e. The number of hydrogen-bond acceptors (Lipinski definition) is 3. The summed E-state index contributed by atoms with van der Waals surface area (Å²) in [7, 11) is 1.53. The zero-order valence-corrected chi connectivity index (χ0v) is 13.5. The highest BCUT2D eigenvalue weighted by molar-refractivity contribution is 9.10. The molecule has 2 rings (SSSR count). The maximum atomic E-state index is 9.61. The van der Waals surface area contributed by atoms with E-state index in [2.05, 4.69) is 21.2 Å². The number of hydrogen-bond donors (Lipinski definition) is 2. The van der Waals surface area contributed by atoms with Crippen molar-refractivity contribution in [1.82, 2.24) is 0 Å². The Kier molecular flexibility index (Phi) is 4.78. The summed E-state index contributed by atoms with van der Waals surface area (Å²) in [5, 5.41) is 13.7. The quantitative estimate of drug-likeness (QED) is 0.811. The summed E-state index contributed by atoms with van der Waals surface area (Å²) in [4.78, 5) is 0.